The maximum absolute atomic E-state index is 13.4. The second kappa shape index (κ2) is 5.81. The average molecular weight is 295 g/mol. The minimum absolute atomic E-state index is 0.0567. The number of ether oxygens (including phenoxy) is 1. The summed E-state index contributed by atoms with van der Waals surface area (Å²) in [6.07, 6.45) is 0.232. The molecule has 0 amide bonds. The summed E-state index contributed by atoms with van der Waals surface area (Å²) in [5.74, 6) is 0.239. The fraction of sp³-hybridized carbons (Fsp3) is 0.250. The van der Waals surface area contributed by atoms with Gasteiger partial charge < -0.3 is 9.84 Å². The van der Waals surface area contributed by atoms with Crippen LogP contribution in [-0.2, 0) is 12.0 Å². The Morgan fingerprint density at radius 2 is 1.85 bits per heavy atom. The summed E-state index contributed by atoms with van der Waals surface area (Å²) in [5.41, 5.74) is 0.162. The van der Waals surface area contributed by atoms with E-state index in [1.165, 1.54) is 6.07 Å². The van der Waals surface area contributed by atoms with Crippen molar-refractivity contribution in [3.63, 3.8) is 0 Å². The Balaban J connectivity index is 2.27. The molecule has 0 heterocycles. The molecule has 0 saturated carbocycles. The molecule has 0 fully saturated rings. The van der Waals surface area contributed by atoms with Crippen molar-refractivity contribution in [1.29, 1.82) is 0 Å². The summed E-state index contributed by atoms with van der Waals surface area (Å²) < 4.78 is 18.5. The number of hydrogen-bond acceptors (Lipinski definition) is 2. The minimum Gasteiger partial charge on any atom is -0.497 e. The molecule has 0 saturated heterocycles. The van der Waals surface area contributed by atoms with Crippen LogP contribution >= 0.6 is 11.6 Å². The Labute approximate surface area is 122 Å². The molecule has 2 aromatic rings. The Bertz CT molecular complexity index is 594. The van der Waals surface area contributed by atoms with Crippen molar-refractivity contribution in [2.24, 2.45) is 0 Å². The molecular formula is C16H16ClFO2. The maximum Gasteiger partial charge on any atom is 0.142 e. The topological polar surface area (TPSA) is 29.5 Å². The first-order chi connectivity index (χ1) is 9.44. The van der Waals surface area contributed by atoms with Crippen molar-refractivity contribution in [1.82, 2.24) is 0 Å². The van der Waals surface area contributed by atoms with Gasteiger partial charge in [-0.15, -0.1) is 0 Å². The standard InChI is InChI=1S/C16H16ClFO2/c1-16(19,12-6-8-13(20-2)9-7-12)10-11-4-3-5-14(18)15(11)17/h3-9,19H,10H2,1-2H3. The zero-order valence-corrected chi connectivity index (χ0v) is 12.1. The molecule has 1 unspecified atom stereocenters. The van der Waals surface area contributed by atoms with Crippen molar-refractivity contribution >= 4 is 11.6 Å². The molecule has 1 N–H and O–H groups in total. The molecule has 0 bridgehead atoms. The lowest BCUT2D eigenvalue weighted by molar-refractivity contribution is 0.0575. The van der Waals surface area contributed by atoms with E-state index in [1.54, 1.807) is 50.4 Å². The first-order valence-corrected chi connectivity index (χ1v) is 6.61. The quantitative estimate of drug-likeness (QED) is 0.925. The van der Waals surface area contributed by atoms with Gasteiger partial charge in [-0.3, -0.25) is 0 Å². The van der Waals surface area contributed by atoms with E-state index in [2.05, 4.69) is 0 Å². The molecule has 2 rings (SSSR count). The Kier molecular flexibility index (Phi) is 4.31. The van der Waals surface area contributed by atoms with Crippen LogP contribution in [0.2, 0.25) is 5.02 Å². The van der Waals surface area contributed by atoms with E-state index < -0.39 is 11.4 Å². The van der Waals surface area contributed by atoms with E-state index in [4.69, 9.17) is 16.3 Å². The van der Waals surface area contributed by atoms with Crippen molar-refractivity contribution in [3.8, 4) is 5.75 Å². The molecule has 0 spiro atoms. The van der Waals surface area contributed by atoms with Gasteiger partial charge in [0.25, 0.3) is 0 Å². The van der Waals surface area contributed by atoms with Crippen molar-refractivity contribution in [3.05, 3.63) is 64.4 Å². The molecule has 1 atom stereocenters. The zero-order valence-electron chi connectivity index (χ0n) is 11.4. The monoisotopic (exact) mass is 294 g/mol. The molecule has 0 aliphatic heterocycles. The maximum atomic E-state index is 13.4. The van der Waals surface area contributed by atoms with Gasteiger partial charge in [0.1, 0.15) is 11.6 Å². The van der Waals surface area contributed by atoms with Gasteiger partial charge in [-0.05, 0) is 36.2 Å². The zero-order chi connectivity index (χ0) is 14.8. The fourth-order valence-corrected chi connectivity index (χ4v) is 2.30. The van der Waals surface area contributed by atoms with E-state index in [0.29, 0.717) is 11.3 Å². The molecule has 20 heavy (non-hydrogen) atoms. The highest BCUT2D eigenvalue weighted by Crippen LogP contribution is 2.30. The lowest BCUT2D eigenvalue weighted by Gasteiger charge is -2.24. The van der Waals surface area contributed by atoms with Gasteiger partial charge in [0, 0.05) is 6.42 Å². The molecule has 2 aromatic carbocycles. The van der Waals surface area contributed by atoms with Crippen LogP contribution in [-0.4, -0.2) is 12.2 Å². The smallest absolute Gasteiger partial charge is 0.142 e. The highest BCUT2D eigenvalue weighted by molar-refractivity contribution is 6.31. The molecule has 0 aliphatic carbocycles. The van der Waals surface area contributed by atoms with Crippen LogP contribution in [0.25, 0.3) is 0 Å². The summed E-state index contributed by atoms with van der Waals surface area (Å²) in [6.45, 7) is 1.68. The van der Waals surface area contributed by atoms with Crippen LogP contribution in [0.1, 0.15) is 18.1 Å². The molecule has 106 valence electrons. The second-order valence-corrected chi connectivity index (χ2v) is 5.27. The predicted octanol–water partition coefficient (Wildman–Crippen LogP) is 3.94. The highest BCUT2D eigenvalue weighted by atomic mass is 35.5. The van der Waals surface area contributed by atoms with Crippen LogP contribution in [0.5, 0.6) is 5.75 Å². The summed E-state index contributed by atoms with van der Waals surface area (Å²) in [6, 6.07) is 11.7. The van der Waals surface area contributed by atoms with Crippen LogP contribution in [0.4, 0.5) is 4.39 Å². The second-order valence-electron chi connectivity index (χ2n) is 4.89. The summed E-state index contributed by atoms with van der Waals surface area (Å²) in [7, 11) is 1.58. The Hall–Kier alpha value is -1.58. The van der Waals surface area contributed by atoms with E-state index in [1.807, 2.05) is 0 Å². The minimum atomic E-state index is -1.14. The molecular weight excluding hydrogens is 279 g/mol. The van der Waals surface area contributed by atoms with Gasteiger partial charge >= 0.3 is 0 Å². The van der Waals surface area contributed by atoms with Crippen molar-refractivity contribution in [2.45, 2.75) is 18.9 Å². The lowest BCUT2D eigenvalue weighted by atomic mass is 9.89. The van der Waals surface area contributed by atoms with Gasteiger partial charge in [-0.2, -0.15) is 0 Å². The Morgan fingerprint density at radius 3 is 2.45 bits per heavy atom. The molecule has 0 aromatic heterocycles. The molecule has 4 heteroatoms. The van der Waals surface area contributed by atoms with Crippen LogP contribution < -0.4 is 4.74 Å². The molecule has 2 nitrogen and oxygen atoms in total. The first kappa shape index (κ1) is 14.8. The molecule has 0 aliphatic rings. The molecule has 0 radical (unpaired) electrons. The number of benzene rings is 2. The van der Waals surface area contributed by atoms with Gasteiger partial charge in [-0.25, -0.2) is 4.39 Å². The van der Waals surface area contributed by atoms with Crippen LogP contribution in [0, 0.1) is 5.82 Å². The summed E-state index contributed by atoms with van der Waals surface area (Å²) in [5, 5.41) is 10.7. The number of aliphatic hydroxyl groups is 1. The van der Waals surface area contributed by atoms with Gasteiger partial charge in [0.2, 0.25) is 0 Å². The summed E-state index contributed by atoms with van der Waals surface area (Å²) >= 11 is 5.93. The van der Waals surface area contributed by atoms with Crippen molar-refractivity contribution < 1.29 is 14.2 Å². The van der Waals surface area contributed by atoms with Gasteiger partial charge in [0.15, 0.2) is 0 Å². The lowest BCUT2D eigenvalue weighted by Crippen LogP contribution is -2.24. The van der Waals surface area contributed by atoms with E-state index in [-0.39, 0.29) is 11.4 Å². The third kappa shape index (κ3) is 3.11. The predicted molar refractivity (Wildman–Crippen MR) is 77.7 cm³/mol. The summed E-state index contributed by atoms with van der Waals surface area (Å²) in [4.78, 5) is 0. The first-order valence-electron chi connectivity index (χ1n) is 6.24. The highest BCUT2D eigenvalue weighted by Gasteiger charge is 2.25. The fourth-order valence-electron chi connectivity index (χ4n) is 2.11. The third-order valence-electron chi connectivity index (χ3n) is 3.28. The van der Waals surface area contributed by atoms with E-state index >= 15 is 0 Å². The van der Waals surface area contributed by atoms with Gasteiger partial charge in [-0.1, -0.05) is 35.9 Å². The van der Waals surface area contributed by atoms with Crippen LogP contribution in [0.15, 0.2) is 42.5 Å². The van der Waals surface area contributed by atoms with Crippen LogP contribution in [0.3, 0.4) is 0 Å². The van der Waals surface area contributed by atoms with Crippen molar-refractivity contribution in [2.75, 3.05) is 7.11 Å². The van der Waals surface area contributed by atoms with E-state index in [0.717, 1.165) is 5.56 Å². The van der Waals surface area contributed by atoms with Gasteiger partial charge in [0.05, 0.1) is 17.7 Å². The number of methoxy groups -OCH3 is 1. The number of rotatable bonds is 4. The Morgan fingerprint density at radius 1 is 1.20 bits per heavy atom. The normalized spacial score (nSPS) is 13.8. The SMILES string of the molecule is COc1ccc(C(C)(O)Cc2cccc(F)c2Cl)cc1. The number of halogens is 2. The third-order valence-corrected chi connectivity index (χ3v) is 3.70. The largest absolute Gasteiger partial charge is 0.497 e. The average Bonchev–Trinajstić information content (AvgIpc) is 2.44. The number of hydrogen-bond donors (Lipinski definition) is 1. The van der Waals surface area contributed by atoms with E-state index in [9.17, 15) is 9.50 Å².